The molecule has 0 saturated carbocycles. The minimum atomic E-state index is -0.538. The number of H-pyrrole nitrogens is 1. The van der Waals surface area contributed by atoms with E-state index < -0.39 is 6.10 Å². The predicted molar refractivity (Wildman–Crippen MR) is 72.0 cm³/mol. The fourth-order valence-corrected chi connectivity index (χ4v) is 2.55. The van der Waals surface area contributed by atoms with Crippen LogP contribution >= 0.6 is 0 Å². The molecule has 19 heavy (non-hydrogen) atoms. The predicted octanol–water partition coefficient (Wildman–Crippen LogP) is 0.918. The summed E-state index contributed by atoms with van der Waals surface area (Å²) in [6, 6.07) is 10.3. The first-order chi connectivity index (χ1) is 9.26. The van der Waals surface area contributed by atoms with Crippen LogP contribution in [0, 0.1) is 0 Å². The SMILES string of the molecule is NCc1nc2c([nH]1)CN(Cc1ccccc1)CC2O. The zero-order valence-corrected chi connectivity index (χ0v) is 10.7. The van der Waals surface area contributed by atoms with Gasteiger partial charge in [-0.1, -0.05) is 30.3 Å². The number of nitrogens with two attached hydrogens (primary N) is 1. The van der Waals surface area contributed by atoms with Crippen molar-refractivity contribution < 1.29 is 5.11 Å². The first-order valence-electron chi connectivity index (χ1n) is 6.48. The van der Waals surface area contributed by atoms with Gasteiger partial charge in [-0.25, -0.2) is 4.98 Å². The largest absolute Gasteiger partial charge is 0.385 e. The molecule has 0 amide bonds. The lowest BCUT2D eigenvalue weighted by molar-refractivity contribution is 0.0842. The average molecular weight is 258 g/mol. The molecule has 5 heteroatoms. The topological polar surface area (TPSA) is 78.2 Å². The number of hydrogen-bond acceptors (Lipinski definition) is 4. The summed E-state index contributed by atoms with van der Waals surface area (Å²) < 4.78 is 0. The van der Waals surface area contributed by atoms with Crippen molar-refractivity contribution in [2.24, 2.45) is 5.73 Å². The molecule has 0 aliphatic carbocycles. The summed E-state index contributed by atoms with van der Waals surface area (Å²) in [5.41, 5.74) is 8.56. The lowest BCUT2D eigenvalue weighted by atomic mass is 10.1. The summed E-state index contributed by atoms with van der Waals surface area (Å²) in [5.74, 6) is 0.741. The summed E-state index contributed by atoms with van der Waals surface area (Å²) in [7, 11) is 0. The molecule has 1 aliphatic heterocycles. The number of fused-ring (bicyclic) bond motifs is 1. The Morgan fingerprint density at radius 2 is 2.16 bits per heavy atom. The van der Waals surface area contributed by atoms with Gasteiger partial charge in [0.05, 0.1) is 17.9 Å². The zero-order valence-electron chi connectivity index (χ0n) is 10.7. The van der Waals surface area contributed by atoms with E-state index in [1.165, 1.54) is 5.56 Å². The first-order valence-corrected chi connectivity index (χ1v) is 6.48. The minimum absolute atomic E-state index is 0.373. The number of β-amino-alcohol motifs (C(OH)–C–C–N with tert-alkyl or cyclic N) is 1. The van der Waals surface area contributed by atoms with Gasteiger partial charge in [-0.15, -0.1) is 0 Å². The van der Waals surface area contributed by atoms with Gasteiger partial charge in [0.15, 0.2) is 0 Å². The Morgan fingerprint density at radius 3 is 2.89 bits per heavy atom. The highest BCUT2D eigenvalue weighted by atomic mass is 16.3. The third-order valence-electron chi connectivity index (χ3n) is 3.43. The van der Waals surface area contributed by atoms with E-state index in [-0.39, 0.29) is 0 Å². The normalized spacial score (nSPS) is 19.4. The number of imidazole rings is 1. The van der Waals surface area contributed by atoms with Crippen LogP contribution in [0.3, 0.4) is 0 Å². The monoisotopic (exact) mass is 258 g/mol. The van der Waals surface area contributed by atoms with Crippen LogP contribution in [0.5, 0.6) is 0 Å². The Morgan fingerprint density at radius 1 is 1.37 bits per heavy atom. The van der Waals surface area contributed by atoms with Gasteiger partial charge in [0.2, 0.25) is 0 Å². The molecule has 0 fully saturated rings. The maximum Gasteiger partial charge on any atom is 0.120 e. The molecule has 1 atom stereocenters. The van der Waals surface area contributed by atoms with E-state index >= 15 is 0 Å². The fraction of sp³-hybridized carbons (Fsp3) is 0.357. The van der Waals surface area contributed by atoms with E-state index in [9.17, 15) is 5.11 Å². The van der Waals surface area contributed by atoms with Crippen molar-refractivity contribution in [1.29, 1.82) is 0 Å². The van der Waals surface area contributed by atoms with E-state index in [0.717, 1.165) is 30.3 Å². The minimum Gasteiger partial charge on any atom is -0.385 e. The molecule has 0 spiro atoms. The first kappa shape index (κ1) is 12.3. The van der Waals surface area contributed by atoms with Gasteiger partial charge in [0.25, 0.3) is 0 Å². The lowest BCUT2D eigenvalue weighted by Gasteiger charge is -2.29. The molecular weight excluding hydrogens is 240 g/mol. The van der Waals surface area contributed by atoms with Crippen molar-refractivity contribution in [3.05, 3.63) is 53.1 Å². The number of rotatable bonds is 3. The Hall–Kier alpha value is -1.69. The number of hydrogen-bond donors (Lipinski definition) is 3. The number of aromatic amines is 1. The maximum absolute atomic E-state index is 10.2. The zero-order chi connectivity index (χ0) is 13.2. The van der Waals surface area contributed by atoms with E-state index in [0.29, 0.717) is 13.1 Å². The van der Waals surface area contributed by atoms with Crippen molar-refractivity contribution in [1.82, 2.24) is 14.9 Å². The van der Waals surface area contributed by atoms with Gasteiger partial charge in [0.1, 0.15) is 11.9 Å². The summed E-state index contributed by atoms with van der Waals surface area (Å²) in [6.07, 6.45) is -0.538. The van der Waals surface area contributed by atoms with Crippen LogP contribution in [0.2, 0.25) is 0 Å². The molecular formula is C14H18N4O. The Kier molecular flexibility index (Phi) is 3.33. The Labute approximate surface area is 112 Å². The number of nitrogens with one attached hydrogen (secondary N) is 1. The Balaban J connectivity index is 1.77. The van der Waals surface area contributed by atoms with Crippen molar-refractivity contribution >= 4 is 0 Å². The van der Waals surface area contributed by atoms with Crippen LogP contribution in [0.15, 0.2) is 30.3 Å². The molecule has 0 saturated heterocycles. The number of aliphatic hydroxyl groups is 1. The third kappa shape index (κ3) is 2.53. The summed E-state index contributed by atoms with van der Waals surface area (Å²) in [6.45, 7) is 2.58. The van der Waals surface area contributed by atoms with Gasteiger partial charge in [-0.2, -0.15) is 0 Å². The number of benzene rings is 1. The van der Waals surface area contributed by atoms with Crippen LogP contribution in [0.25, 0.3) is 0 Å². The number of aliphatic hydroxyl groups excluding tert-OH is 1. The van der Waals surface area contributed by atoms with Crippen LogP contribution in [0.1, 0.15) is 28.9 Å². The molecule has 4 N–H and O–H groups in total. The molecule has 0 bridgehead atoms. The van der Waals surface area contributed by atoms with Gasteiger partial charge in [-0.3, -0.25) is 4.90 Å². The number of nitrogens with zero attached hydrogens (tertiary/aromatic N) is 2. The second kappa shape index (κ2) is 5.13. The molecule has 1 unspecified atom stereocenters. The second-order valence-corrected chi connectivity index (χ2v) is 4.92. The van der Waals surface area contributed by atoms with Gasteiger partial charge in [-0.05, 0) is 5.56 Å². The van der Waals surface area contributed by atoms with Crippen LogP contribution in [0.4, 0.5) is 0 Å². The van der Waals surface area contributed by atoms with Gasteiger partial charge < -0.3 is 15.8 Å². The highest BCUT2D eigenvalue weighted by Gasteiger charge is 2.27. The highest BCUT2D eigenvalue weighted by molar-refractivity contribution is 5.21. The second-order valence-electron chi connectivity index (χ2n) is 4.92. The van der Waals surface area contributed by atoms with Gasteiger partial charge in [0, 0.05) is 19.6 Å². The standard InChI is InChI=1S/C14H18N4O/c15-6-13-16-11-8-18(9-12(19)14(11)17-13)7-10-4-2-1-3-5-10/h1-5,12,19H,6-9,15H2,(H,16,17). The van der Waals surface area contributed by atoms with E-state index in [1.807, 2.05) is 18.2 Å². The summed E-state index contributed by atoms with van der Waals surface area (Å²) in [4.78, 5) is 9.74. The highest BCUT2D eigenvalue weighted by Crippen LogP contribution is 2.25. The average Bonchev–Trinajstić information content (AvgIpc) is 2.83. The van der Waals surface area contributed by atoms with Crippen molar-refractivity contribution in [2.45, 2.75) is 25.7 Å². The Bertz CT molecular complexity index is 552. The molecule has 3 rings (SSSR count). The van der Waals surface area contributed by atoms with Crippen LogP contribution in [-0.2, 0) is 19.6 Å². The smallest absolute Gasteiger partial charge is 0.120 e. The molecule has 5 nitrogen and oxygen atoms in total. The maximum atomic E-state index is 10.2. The molecule has 0 radical (unpaired) electrons. The lowest BCUT2D eigenvalue weighted by Crippen LogP contribution is -2.33. The van der Waals surface area contributed by atoms with E-state index in [1.54, 1.807) is 0 Å². The number of aromatic nitrogens is 2. The fourth-order valence-electron chi connectivity index (χ4n) is 2.55. The summed E-state index contributed by atoms with van der Waals surface area (Å²) in [5, 5.41) is 10.2. The summed E-state index contributed by atoms with van der Waals surface area (Å²) >= 11 is 0. The van der Waals surface area contributed by atoms with Crippen LogP contribution < -0.4 is 5.73 Å². The molecule has 1 aliphatic rings. The molecule has 2 heterocycles. The van der Waals surface area contributed by atoms with Gasteiger partial charge >= 0.3 is 0 Å². The third-order valence-corrected chi connectivity index (χ3v) is 3.43. The quantitative estimate of drug-likeness (QED) is 0.765. The van der Waals surface area contributed by atoms with Crippen molar-refractivity contribution in [3.8, 4) is 0 Å². The van der Waals surface area contributed by atoms with Crippen LogP contribution in [-0.4, -0.2) is 26.5 Å². The molecule has 1 aromatic carbocycles. The molecule has 100 valence electrons. The van der Waals surface area contributed by atoms with E-state index in [4.69, 9.17) is 5.73 Å². The van der Waals surface area contributed by atoms with E-state index in [2.05, 4.69) is 27.0 Å². The molecule has 2 aromatic rings. The molecule has 1 aromatic heterocycles. The van der Waals surface area contributed by atoms with Crippen molar-refractivity contribution in [3.63, 3.8) is 0 Å². The van der Waals surface area contributed by atoms with Crippen molar-refractivity contribution in [2.75, 3.05) is 6.54 Å².